The van der Waals surface area contributed by atoms with E-state index in [4.69, 9.17) is 0 Å². The zero-order valence-electron chi connectivity index (χ0n) is 7.63. The molecule has 1 N–H and O–H groups in total. The van der Waals surface area contributed by atoms with E-state index in [9.17, 15) is 5.11 Å². The van der Waals surface area contributed by atoms with Gasteiger partial charge in [0, 0.05) is 6.54 Å². The van der Waals surface area contributed by atoms with Crippen LogP contribution in [0.5, 0.6) is 0 Å². The average Bonchev–Trinajstić information content (AvgIpc) is 2.57. The van der Waals surface area contributed by atoms with Crippen LogP contribution in [0.15, 0.2) is 12.7 Å². The van der Waals surface area contributed by atoms with Gasteiger partial charge in [-0.05, 0) is 25.2 Å². The van der Waals surface area contributed by atoms with Crippen molar-refractivity contribution < 1.29 is 5.11 Å². The Morgan fingerprint density at radius 1 is 1.31 bits per heavy atom. The minimum absolute atomic E-state index is 0.0877. The highest BCUT2D eigenvalue weighted by atomic mass is 16.3. The second-order valence-electron chi connectivity index (χ2n) is 3.85. The number of aromatic nitrogens is 3. The van der Waals surface area contributed by atoms with Crippen LogP contribution in [-0.2, 0) is 6.54 Å². The molecule has 1 fully saturated rings. The van der Waals surface area contributed by atoms with Gasteiger partial charge < -0.3 is 9.67 Å². The molecule has 1 heterocycles. The first-order valence-corrected chi connectivity index (χ1v) is 4.85. The van der Waals surface area contributed by atoms with Crippen LogP contribution in [0.2, 0.25) is 0 Å². The Labute approximate surface area is 77.6 Å². The fraction of sp³-hybridized carbons (Fsp3) is 0.778. The molecule has 2 rings (SSSR count). The first-order chi connectivity index (χ1) is 6.34. The number of hydrogen-bond acceptors (Lipinski definition) is 3. The van der Waals surface area contributed by atoms with Crippen LogP contribution in [0.4, 0.5) is 0 Å². The summed E-state index contributed by atoms with van der Waals surface area (Å²) in [6.07, 6.45) is 7.65. The van der Waals surface area contributed by atoms with Gasteiger partial charge in [0.15, 0.2) is 0 Å². The maximum Gasteiger partial charge on any atom is 0.119 e. The molecule has 13 heavy (non-hydrogen) atoms. The fourth-order valence-corrected chi connectivity index (χ4v) is 2.04. The predicted octanol–water partition coefficient (Wildman–Crippen LogP) is 0.829. The zero-order valence-corrected chi connectivity index (χ0v) is 7.63. The molecule has 0 aliphatic heterocycles. The Balaban J connectivity index is 1.87. The Kier molecular flexibility index (Phi) is 2.59. The van der Waals surface area contributed by atoms with Gasteiger partial charge in [-0.25, -0.2) is 0 Å². The predicted molar refractivity (Wildman–Crippen MR) is 48.0 cm³/mol. The van der Waals surface area contributed by atoms with E-state index in [0.717, 1.165) is 25.8 Å². The second kappa shape index (κ2) is 3.87. The third kappa shape index (κ3) is 2.28. The molecule has 0 saturated heterocycles. The van der Waals surface area contributed by atoms with E-state index in [2.05, 4.69) is 10.2 Å². The maximum absolute atomic E-state index is 9.47. The van der Waals surface area contributed by atoms with Crippen LogP contribution in [0.1, 0.15) is 25.7 Å². The molecule has 1 aromatic heterocycles. The standard InChI is InChI=1S/C9H15N3O/c13-9-3-1-2-8(4-9)5-12-6-10-11-7-12/h6-9,13H,1-5H2. The van der Waals surface area contributed by atoms with Crippen molar-refractivity contribution in [3.63, 3.8) is 0 Å². The van der Waals surface area contributed by atoms with Gasteiger partial charge in [0.2, 0.25) is 0 Å². The normalized spacial score (nSPS) is 29.0. The van der Waals surface area contributed by atoms with Crippen molar-refractivity contribution in [1.29, 1.82) is 0 Å². The number of aliphatic hydroxyl groups is 1. The van der Waals surface area contributed by atoms with Crippen molar-refractivity contribution >= 4 is 0 Å². The van der Waals surface area contributed by atoms with Gasteiger partial charge in [0.25, 0.3) is 0 Å². The van der Waals surface area contributed by atoms with E-state index >= 15 is 0 Å². The molecule has 1 saturated carbocycles. The topological polar surface area (TPSA) is 50.9 Å². The van der Waals surface area contributed by atoms with E-state index in [-0.39, 0.29) is 6.10 Å². The number of nitrogens with zero attached hydrogens (tertiary/aromatic N) is 3. The molecule has 0 amide bonds. The van der Waals surface area contributed by atoms with Gasteiger partial charge in [-0.2, -0.15) is 0 Å². The van der Waals surface area contributed by atoms with Gasteiger partial charge in [-0.1, -0.05) is 6.42 Å². The lowest BCUT2D eigenvalue weighted by Gasteiger charge is -2.25. The molecule has 4 nitrogen and oxygen atoms in total. The minimum atomic E-state index is -0.0877. The first kappa shape index (κ1) is 8.69. The summed E-state index contributed by atoms with van der Waals surface area (Å²) in [4.78, 5) is 0. The SMILES string of the molecule is OC1CCCC(Cn2cnnc2)C1. The summed E-state index contributed by atoms with van der Waals surface area (Å²) in [6.45, 7) is 0.948. The quantitative estimate of drug-likeness (QED) is 0.735. The van der Waals surface area contributed by atoms with E-state index in [1.165, 1.54) is 6.42 Å². The molecular weight excluding hydrogens is 166 g/mol. The first-order valence-electron chi connectivity index (χ1n) is 4.85. The third-order valence-corrected chi connectivity index (χ3v) is 2.69. The Bertz CT molecular complexity index is 247. The van der Waals surface area contributed by atoms with Gasteiger partial charge in [-0.3, -0.25) is 0 Å². The molecular formula is C9H15N3O. The second-order valence-corrected chi connectivity index (χ2v) is 3.85. The van der Waals surface area contributed by atoms with E-state index in [0.29, 0.717) is 5.92 Å². The number of rotatable bonds is 2. The fourth-order valence-electron chi connectivity index (χ4n) is 2.04. The molecule has 0 aromatic carbocycles. The van der Waals surface area contributed by atoms with Crippen LogP contribution in [0, 0.1) is 5.92 Å². The van der Waals surface area contributed by atoms with Crippen molar-refractivity contribution in [3.05, 3.63) is 12.7 Å². The number of aliphatic hydroxyl groups excluding tert-OH is 1. The summed E-state index contributed by atoms with van der Waals surface area (Å²) in [5.74, 6) is 0.597. The molecule has 0 radical (unpaired) electrons. The van der Waals surface area contributed by atoms with Gasteiger partial charge in [0.1, 0.15) is 12.7 Å². The lowest BCUT2D eigenvalue weighted by molar-refractivity contribution is 0.0953. The smallest absolute Gasteiger partial charge is 0.119 e. The van der Waals surface area contributed by atoms with Crippen LogP contribution < -0.4 is 0 Å². The van der Waals surface area contributed by atoms with Crippen molar-refractivity contribution in [1.82, 2.24) is 14.8 Å². The molecule has 4 heteroatoms. The maximum atomic E-state index is 9.47. The highest BCUT2D eigenvalue weighted by molar-refractivity contribution is 4.74. The summed E-state index contributed by atoms with van der Waals surface area (Å²) in [5, 5.41) is 17.0. The van der Waals surface area contributed by atoms with Gasteiger partial charge in [0.05, 0.1) is 6.10 Å². The highest BCUT2D eigenvalue weighted by Gasteiger charge is 2.20. The summed E-state index contributed by atoms with van der Waals surface area (Å²) in [7, 11) is 0. The Morgan fingerprint density at radius 2 is 2.08 bits per heavy atom. The molecule has 0 spiro atoms. The minimum Gasteiger partial charge on any atom is -0.393 e. The lowest BCUT2D eigenvalue weighted by atomic mass is 9.87. The van der Waals surface area contributed by atoms with Crippen LogP contribution in [0.25, 0.3) is 0 Å². The van der Waals surface area contributed by atoms with E-state index in [1.54, 1.807) is 12.7 Å². The molecule has 1 aromatic rings. The largest absolute Gasteiger partial charge is 0.393 e. The van der Waals surface area contributed by atoms with Gasteiger partial charge in [-0.15, -0.1) is 10.2 Å². The summed E-state index contributed by atoms with van der Waals surface area (Å²) in [6, 6.07) is 0. The van der Waals surface area contributed by atoms with Crippen molar-refractivity contribution in [3.8, 4) is 0 Å². The molecule has 2 atom stereocenters. The van der Waals surface area contributed by atoms with E-state index in [1.807, 2.05) is 4.57 Å². The van der Waals surface area contributed by atoms with Crippen molar-refractivity contribution in [2.24, 2.45) is 5.92 Å². The molecule has 72 valence electrons. The number of hydrogen-bond donors (Lipinski definition) is 1. The van der Waals surface area contributed by atoms with E-state index < -0.39 is 0 Å². The van der Waals surface area contributed by atoms with Crippen LogP contribution >= 0.6 is 0 Å². The third-order valence-electron chi connectivity index (χ3n) is 2.69. The average molecular weight is 181 g/mol. The van der Waals surface area contributed by atoms with Gasteiger partial charge >= 0.3 is 0 Å². The zero-order chi connectivity index (χ0) is 9.10. The van der Waals surface area contributed by atoms with Crippen LogP contribution in [-0.4, -0.2) is 26.0 Å². The molecule has 0 bridgehead atoms. The highest BCUT2D eigenvalue weighted by Crippen LogP contribution is 2.25. The van der Waals surface area contributed by atoms with Crippen molar-refractivity contribution in [2.45, 2.75) is 38.3 Å². The Hall–Kier alpha value is -0.900. The Morgan fingerprint density at radius 3 is 2.77 bits per heavy atom. The monoisotopic (exact) mass is 181 g/mol. The lowest BCUT2D eigenvalue weighted by Crippen LogP contribution is -2.22. The molecule has 1 aliphatic carbocycles. The summed E-state index contributed by atoms with van der Waals surface area (Å²) in [5.41, 5.74) is 0. The molecule has 2 unspecified atom stereocenters. The molecule has 1 aliphatic rings. The summed E-state index contributed by atoms with van der Waals surface area (Å²) < 4.78 is 1.99. The summed E-state index contributed by atoms with van der Waals surface area (Å²) >= 11 is 0. The van der Waals surface area contributed by atoms with Crippen molar-refractivity contribution in [2.75, 3.05) is 0 Å². The van der Waals surface area contributed by atoms with Crippen LogP contribution in [0.3, 0.4) is 0 Å².